The molecule has 25 heavy (non-hydrogen) atoms. The molecule has 1 amide bonds. The highest BCUT2D eigenvalue weighted by Gasteiger charge is 2.18. The molecule has 0 spiro atoms. The number of benzene rings is 1. The Labute approximate surface area is 146 Å². The van der Waals surface area contributed by atoms with Gasteiger partial charge in [-0.25, -0.2) is 0 Å². The van der Waals surface area contributed by atoms with E-state index in [1.165, 1.54) is 6.26 Å². The summed E-state index contributed by atoms with van der Waals surface area (Å²) in [5, 5.41) is 12.4. The third-order valence-corrected chi connectivity index (χ3v) is 3.99. The van der Waals surface area contributed by atoms with E-state index in [2.05, 4.69) is 10.3 Å². The molecule has 1 aromatic carbocycles. The second kappa shape index (κ2) is 8.26. The minimum absolute atomic E-state index is 0.0272. The van der Waals surface area contributed by atoms with Crippen LogP contribution in [0.15, 0.2) is 71.5 Å². The predicted molar refractivity (Wildman–Crippen MR) is 95.0 cm³/mol. The molecule has 0 aliphatic heterocycles. The molecule has 2 aromatic heterocycles. The Kier molecular flexibility index (Phi) is 5.59. The van der Waals surface area contributed by atoms with Crippen LogP contribution < -0.4 is 5.32 Å². The number of aromatic nitrogens is 1. The lowest BCUT2D eigenvalue weighted by Gasteiger charge is -2.14. The molecule has 0 bridgehead atoms. The number of rotatable bonds is 7. The van der Waals surface area contributed by atoms with E-state index in [9.17, 15) is 9.90 Å². The Bertz CT molecular complexity index is 800. The molecular formula is C20H20N2O3. The van der Waals surface area contributed by atoms with Crippen LogP contribution in [0.2, 0.25) is 0 Å². The summed E-state index contributed by atoms with van der Waals surface area (Å²) in [6, 6.07) is 17.1. The van der Waals surface area contributed by atoms with Crippen molar-refractivity contribution in [2.24, 2.45) is 5.92 Å². The van der Waals surface area contributed by atoms with Gasteiger partial charge in [0.2, 0.25) is 0 Å². The van der Waals surface area contributed by atoms with E-state index in [1.807, 2.05) is 48.5 Å². The second-order valence-electron chi connectivity index (χ2n) is 5.81. The minimum Gasteiger partial charge on any atom is -0.459 e. The van der Waals surface area contributed by atoms with Crippen molar-refractivity contribution >= 4 is 5.91 Å². The average Bonchev–Trinajstić information content (AvgIpc) is 3.16. The monoisotopic (exact) mass is 336 g/mol. The molecule has 2 heterocycles. The third-order valence-electron chi connectivity index (χ3n) is 3.99. The molecular weight excluding hydrogens is 316 g/mol. The lowest BCUT2D eigenvalue weighted by molar-refractivity contribution is 0.0913. The van der Waals surface area contributed by atoms with Gasteiger partial charge in [-0.15, -0.1) is 0 Å². The van der Waals surface area contributed by atoms with Crippen molar-refractivity contribution < 1.29 is 14.3 Å². The smallest absolute Gasteiger partial charge is 0.287 e. The molecule has 1 atom stereocenters. The van der Waals surface area contributed by atoms with Crippen molar-refractivity contribution in [2.75, 3.05) is 13.2 Å². The van der Waals surface area contributed by atoms with E-state index in [1.54, 1.807) is 12.3 Å². The molecule has 5 nitrogen and oxygen atoms in total. The molecule has 0 radical (unpaired) electrons. The highest BCUT2D eigenvalue weighted by atomic mass is 16.3. The van der Waals surface area contributed by atoms with Gasteiger partial charge in [-0.1, -0.05) is 36.4 Å². The molecule has 1 unspecified atom stereocenters. The van der Waals surface area contributed by atoms with E-state index in [4.69, 9.17) is 4.42 Å². The first-order valence-corrected chi connectivity index (χ1v) is 8.20. The summed E-state index contributed by atoms with van der Waals surface area (Å²) in [7, 11) is 0. The lowest BCUT2D eigenvalue weighted by atomic mass is 10.0. The fraction of sp³-hybridized carbons (Fsp3) is 0.200. The van der Waals surface area contributed by atoms with Crippen LogP contribution in [0.25, 0.3) is 11.1 Å². The fourth-order valence-corrected chi connectivity index (χ4v) is 2.66. The highest BCUT2D eigenvalue weighted by Crippen LogP contribution is 2.24. The number of carbonyl (C=O) groups is 1. The Morgan fingerprint density at radius 3 is 2.64 bits per heavy atom. The van der Waals surface area contributed by atoms with Gasteiger partial charge in [-0.05, 0) is 30.2 Å². The molecule has 0 saturated heterocycles. The number of nitrogens with one attached hydrogen (secondary N) is 1. The first-order chi connectivity index (χ1) is 12.3. The first kappa shape index (κ1) is 16.9. The van der Waals surface area contributed by atoms with Gasteiger partial charge >= 0.3 is 0 Å². The molecule has 0 aliphatic rings. The van der Waals surface area contributed by atoms with Crippen molar-refractivity contribution in [3.63, 3.8) is 0 Å². The number of furan rings is 1. The average molecular weight is 336 g/mol. The molecule has 0 saturated carbocycles. The maximum Gasteiger partial charge on any atom is 0.287 e. The van der Waals surface area contributed by atoms with Crippen molar-refractivity contribution in [2.45, 2.75) is 6.42 Å². The van der Waals surface area contributed by atoms with Crippen LogP contribution in [0.5, 0.6) is 0 Å². The molecule has 128 valence electrons. The first-order valence-electron chi connectivity index (χ1n) is 8.20. The summed E-state index contributed by atoms with van der Waals surface area (Å²) in [5.41, 5.74) is 2.57. The zero-order valence-electron chi connectivity index (χ0n) is 13.8. The van der Waals surface area contributed by atoms with Crippen LogP contribution in [-0.4, -0.2) is 29.1 Å². The standard InChI is InChI=1S/C20H20N2O3/c23-14-15(12-17-8-4-5-10-21-17)13-22-20(24)19-18(9-11-25-19)16-6-2-1-3-7-16/h1-11,15,23H,12-14H2,(H,22,24). The number of carbonyl (C=O) groups excluding carboxylic acids is 1. The van der Waals surface area contributed by atoms with Gasteiger partial charge in [-0.2, -0.15) is 0 Å². The van der Waals surface area contributed by atoms with Gasteiger partial charge in [0.25, 0.3) is 5.91 Å². The van der Waals surface area contributed by atoms with E-state index in [0.717, 1.165) is 16.8 Å². The van der Waals surface area contributed by atoms with Crippen molar-refractivity contribution in [1.29, 1.82) is 0 Å². The van der Waals surface area contributed by atoms with Crippen LogP contribution >= 0.6 is 0 Å². The Morgan fingerprint density at radius 1 is 1.12 bits per heavy atom. The number of hydrogen-bond acceptors (Lipinski definition) is 4. The van der Waals surface area contributed by atoms with Crippen LogP contribution in [0, 0.1) is 5.92 Å². The summed E-state index contributed by atoms with van der Waals surface area (Å²) in [6.07, 6.45) is 3.83. The number of aliphatic hydroxyl groups is 1. The number of pyridine rings is 1. The molecule has 3 rings (SSSR count). The zero-order valence-corrected chi connectivity index (χ0v) is 13.8. The molecule has 2 N–H and O–H groups in total. The quantitative estimate of drug-likeness (QED) is 0.695. The van der Waals surface area contributed by atoms with Gasteiger partial charge < -0.3 is 14.8 Å². The summed E-state index contributed by atoms with van der Waals surface area (Å²) < 4.78 is 5.38. The topological polar surface area (TPSA) is 75.4 Å². The predicted octanol–water partition coefficient (Wildman–Crippen LogP) is 2.92. The molecule has 3 aromatic rings. The number of hydrogen-bond donors (Lipinski definition) is 2. The summed E-state index contributed by atoms with van der Waals surface area (Å²) in [6.45, 7) is 0.321. The van der Waals surface area contributed by atoms with Gasteiger partial charge in [0.1, 0.15) is 0 Å². The number of nitrogens with zero attached hydrogens (tertiary/aromatic N) is 1. The van der Waals surface area contributed by atoms with E-state index in [0.29, 0.717) is 13.0 Å². The Morgan fingerprint density at radius 2 is 1.92 bits per heavy atom. The lowest BCUT2D eigenvalue weighted by Crippen LogP contribution is -2.32. The van der Waals surface area contributed by atoms with Gasteiger partial charge in [-0.3, -0.25) is 9.78 Å². The van der Waals surface area contributed by atoms with Gasteiger partial charge in [0, 0.05) is 36.5 Å². The van der Waals surface area contributed by atoms with Crippen LogP contribution in [-0.2, 0) is 6.42 Å². The Hall–Kier alpha value is -2.92. The van der Waals surface area contributed by atoms with Crippen molar-refractivity contribution in [3.05, 3.63) is 78.5 Å². The van der Waals surface area contributed by atoms with E-state index >= 15 is 0 Å². The molecule has 5 heteroatoms. The van der Waals surface area contributed by atoms with Crippen LogP contribution in [0.1, 0.15) is 16.2 Å². The summed E-state index contributed by atoms with van der Waals surface area (Å²) in [4.78, 5) is 16.7. The maximum absolute atomic E-state index is 12.5. The van der Waals surface area contributed by atoms with Crippen LogP contribution in [0.4, 0.5) is 0 Å². The fourth-order valence-electron chi connectivity index (χ4n) is 2.66. The van der Waals surface area contributed by atoms with E-state index < -0.39 is 0 Å². The largest absolute Gasteiger partial charge is 0.459 e. The summed E-state index contributed by atoms with van der Waals surface area (Å²) >= 11 is 0. The van der Waals surface area contributed by atoms with Gasteiger partial charge in [0.05, 0.1) is 6.26 Å². The Balaban J connectivity index is 1.64. The normalized spacial score (nSPS) is 11.9. The second-order valence-corrected chi connectivity index (χ2v) is 5.81. The zero-order chi connectivity index (χ0) is 17.5. The van der Waals surface area contributed by atoms with Crippen LogP contribution in [0.3, 0.4) is 0 Å². The van der Waals surface area contributed by atoms with Gasteiger partial charge in [0.15, 0.2) is 5.76 Å². The van der Waals surface area contributed by atoms with E-state index in [-0.39, 0.29) is 24.2 Å². The summed E-state index contributed by atoms with van der Waals surface area (Å²) in [5.74, 6) is -0.113. The molecule has 0 fully saturated rings. The minimum atomic E-state index is -0.289. The molecule has 0 aliphatic carbocycles. The maximum atomic E-state index is 12.5. The van der Waals surface area contributed by atoms with Crippen molar-refractivity contribution in [1.82, 2.24) is 10.3 Å². The SMILES string of the molecule is O=C(NCC(CO)Cc1ccccn1)c1occc1-c1ccccc1. The highest BCUT2D eigenvalue weighted by molar-refractivity contribution is 5.98. The number of aliphatic hydroxyl groups excluding tert-OH is 1. The number of amides is 1. The van der Waals surface area contributed by atoms with Crippen molar-refractivity contribution in [3.8, 4) is 11.1 Å². The third kappa shape index (κ3) is 4.33.